The molecule has 0 spiro atoms. The normalized spacial score (nSPS) is 16.8. The van der Waals surface area contributed by atoms with Crippen molar-refractivity contribution in [1.82, 2.24) is 10.6 Å². The molecular formula is C17H21ClN2O5. The van der Waals surface area contributed by atoms with Crippen LogP contribution in [0.15, 0.2) is 29.5 Å². The molecule has 2 amide bonds. The maximum atomic E-state index is 12.4. The standard InChI is InChI=1S/C17H21ClN2O5/c1-4-24-12-6-5-11(9-13(12)23-3)15-14(16(21)25-8-7-18)10(2)19-17(22)20-15/h5-6,9,15H,4,7-8H2,1-3H3,(H2,19,20,22)/t15-/m1/s1. The number of amides is 2. The fraction of sp³-hybridized carbons (Fsp3) is 0.412. The van der Waals surface area contributed by atoms with Gasteiger partial charge in [-0.3, -0.25) is 0 Å². The molecule has 1 heterocycles. The SMILES string of the molecule is CCOc1ccc([C@H]2NC(=O)NC(C)=C2C(=O)OCCCl)cc1OC. The first kappa shape index (κ1) is 18.9. The number of benzene rings is 1. The number of allylic oxidation sites excluding steroid dienone is 1. The molecule has 0 saturated carbocycles. The van der Waals surface area contributed by atoms with Gasteiger partial charge >= 0.3 is 12.0 Å². The van der Waals surface area contributed by atoms with E-state index in [1.54, 1.807) is 25.1 Å². The molecule has 1 aliphatic rings. The zero-order valence-electron chi connectivity index (χ0n) is 14.3. The Kier molecular flexibility index (Phi) is 6.52. The maximum Gasteiger partial charge on any atom is 0.338 e. The number of carbonyl (C=O) groups is 2. The van der Waals surface area contributed by atoms with Gasteiger partial charge in [0.15, 0.2) is 11.5 Å². The van der Waals surface area contributed by atoms with Crippen LogP contribution in [0.1, 0.15) is 25.5 Å². The van der Waals surface area contributed by atoms with Gasteiger partial charge in [-0.1, -0.05) is 6.07 Å². The molecule has 0 unspecified atom stereocenters. The van der Waals surface area contributed by atoms with Crippen molar-refractivity contribution in [2.24, 2.45) is 0 Å². The van der Waals surface area contributed by atoms with Crippen LogP contribution in [-0.4, -0.2) is 38.2 Å². The fourth-order valence-corrected chi connectivity index (χ4v) is 2.64. The van der Waals surface area contributed by atoms with Crippen LogP contribution in [0.2, 0.25) is 0 Å². The second-order valence-corrected chi connectivity index (χ2v) is 5.62. The van der Waals surface area contributed by atoms with Crippen LogP contribution in [0, 0.1) is 0 Å². The molecule has 0 bridgehead atoms. The molecule has 2 N–H and O–H groups in total. The Balaban J connectivity index is 2.41. The van der Waals surface area contributed by atoms with E-state index in [1.807, 2.05) is 6.92 Å². The number of urea groups is 1. The van der Waals surface area contributed by atoms with Crippen LogP contribution in [0.3, 0.4) is 0 Å². The predicted molar refractivity (Wildman–Crippen MR) is 93.0 cm³/mol. The Hall–Kier alpha value is -2.41. The number of ether oxygens (including phenoxy) is 3. The first-order chi connectivity index (χ1) is 12.0. The summed E-state index contributed by atoms with van der Waals surface area (Å²) in [5, 5.41) is 5.32. The number of methoxy groups -OCH3 is 1. The number of carbonyl (C=O) groups excluding carboxylic acids is 2. The summed E-state index contributed by atoms with van der Waals surface area (Å²) in [5.41, 5.74) is 1.42. The molecule has 0 aromatic heterocycles. The van der Waals surface area contributed by atoms with Crippen molar-refractivity contribution in [1.29, 1.82) is 0 Å². The number of rotatable bonds is 7. The van der Waals surface area contributed by atoms with Crippen LogP contribution in [0.4, 0.5) is 4.79 Å². The molecule has 0 aliphatic carbocycles. The first-order valence-corrected chi connectivity index (χ1v) is 8.37. The van der Waals surface area contributed by atoms with Gasteiger partial charge in [0.25, 0.3) is 0 Å². The van der Waals surface area contributed by atoms with Gasteiger partial charge < -0.3 is 24.8 Å². The van der Waals surface area contributed by atoms with Crippen LogP contribution in [0.25, 0.3) is 0 Å². The first-order valence-electron chi connectivity index (χ1n) is 7.83. The fourth-order valence-electron chi connectivity index (χ4n) is 2.56. The monoisotopic (exact) mass is 368 g/mol. The minimum atomic E-state index is -0.666. The summed E-state index contributed by atoms with van der Waals surface area (Å²) in [6.45, 7) is 4.10. The van der Waals surface area contributed by atoms with Gasteiger partial charge in [-0.05, 0) is 31.5 Å². The molecule has 1 aromatic carbocycles. The molecular weight excluding hydrogens is 348 g/mol. The second kappa shape index (κ2) is 8.62. The summed E-state index contributed by atoms with van der Waals surface area (Å²) in [7, 11) is 1.53. The summed E-state index contributed by atoms with van der Waals surface area (Å²) in [5.74, 6) is 0.752. The molecule has 0 fully saturated rings. The molecule has 1 aliphatic heterocycles. The largest absolute Gasteiger partial charge is 0.493 e. The van der Waals surface area contributed by atoms with Gasteiger partial charge in [0.05, 0.1) is 31.2 Å². The number of hydrogen-bond acceptors (Lipinski definition) is 5. The molecule has 0 saturated heterocycles. The van der Waals surface area contributed by atoms with E-state index in [0.29, 0.717) is 34.9 Å². The van der Waals surface area contributed by atoms with Gasteiger partial charge in [-0.15, -0.1) is 11.6 Å². The summed E-state index contributed by atoms with van der Waals surface area (Å²) in [6.07, 6.45) is 0. The van der Waals surface area contributed by atoms with Crippen molar-refractivity contribution in [3.8, 4) is 11.5 Å². The van der Waals surface area contributed by atoms with Gasteiger partial charge in [0, 0.05) is 5.70 Å². The molecule has 8 heteroatoms. The molecule has 7 nitrogen and oxygen atoms in total. The highest BCUT2D eigenvalue weighted by molar-refractivity contribution is 6.18. The minimum absolute atomic E-state index is 0.0877. The lowest BCUT2D eigenvalue weighted by atomic mass is 9.95. The van der Waals surface area contributed by atoms with Crippen molar-refractivity contribution in [3.05, 3.63) is 35.0 Å². The number of esters is 1. The third-order valence-electron chi connectivity index (χ3n) is 3.62. The van der Waals surface area contributed by atoms with E-state index in [4.69, 9.17) is 25.8 Å². The van der Waals surface area contributed by atoms with Gasteiger partial charge in [0.2, 0.25) is 0 Å². The van der Waals surface area contributed by atoms with Crippen molar-refractivity contribution >= 4 is 23.6 Å². The summed E-state index contributed by atoms with van der Waals surface area (Å²) in [4.78, 5) is 24.3. The second-order valence-electron chi connectivity index (χ2n) is 5.24. The smallest absolute Gasteiger partial charge is 0.338 e. The summed E-state index contributed by atoms with van der Waals surface area (Å²) < 4.78 is 16.0. The van der Waals surface area contributed by atoms with E-state index in [1.165, 1.54) is 7.11 Å². The number of halogens is 1. The highest BCUT2D eigenvalue weighted by atomic mass is 35.5. The minimum Gasteiger partial charge on any atom is -0.493 e. The Morgan fingerprint density at radius 3 is 2.72 bits per heavy atom. The van der Waals surface area contributed by atoms with Crippen LogP contribution in [0.5, 0.6) is 11.5 Å². The Labute approximate surface area is 151 Å². The van der Waals surface area contributed by atoms with Crippen molar-refractivity contribution < 1.29 is 23.8 Å². The lowest BCUT2D eigenvalue weighted by Gasteiger charge is -2.28. The van der Waals surface area contributed by atoms with E-state index in [2.05, 4.69) is 10.6 Å². The molecule has 2 rings (SSSR count). The molecule has 1 atom stereocenters. The van der Waals surface area contributed by atoms with E-state index in [-0.39, 0.29) is 12.5 Å². The van der Waals surface area contributed by atoms with Crippen LogP contribution in [-0.2, 0) is 9.53 Å². The third-order valence-corrected chi connectivity index (χ3v) is 3.77. The van der Waals surface area contributed by atoms with Gasteiger partial charge in [0.1, 0.15) is 6.61 Å². The van der Waals surface area contributed by atoms with E-state index in [9.17, 15) is 9.59 Å². The topological polar surface area (TPSA) is 85.9 Å². The number of alkyl halides is 1. The summed E-state index contributed by atoms with van der Waals surface area (Å²) in [6, 6.07) is 4.17. The average molecular weight is 369 g/mol. The van der Waals surface area contributed by atoms with Crippen molar-refractivity contribution in [2.45, 2.75) is 19.9 Å². The predicted octanol–water partition coefficient (Wildman–Crippen LogP) is 2.50. The molecule has 0 radical (unpaired) electrons. The highest BCUT2D eigenvalue weighted by Crippen LogP contribution is 2.34. The zero-order valence-corrected chi connectivity index (χ0v) is 15.1. The Morgan fingerprint density at radius 2 is 2.08 bits per heavy atom. The molecule has 25 heavy (non-hydrogen) atoms. The Bertz CT molecular complexity index is 690. The maximum absolute atomic E-state index is 12.4. The van der Waals surface area contributed by atoms with Crippen molar-refractivity contribution in [2.75, 3.05) is 26.2 Å². The van der Waals surface area contributed by atoms with E-state index >= 15 is 0 Å². The zero-order chi connectivity index (χ0) is 18.4. The third kappa shape index (κ3) is 4.36. The number of nitrogens with one attached hydrogen (secondary N) is 2. The van der Waals surface area contributed by atoms with E-state index in [0.717, 1.165) is 0 Å². The molecule has 1 aromatic rings. The Morgan fingerprint density at radius 1 is 1.32 bits per heavy atom. The molecule has 136 valence electrons. The van der Waals surface area contributed by atoms with Crippen molar-refractivity contribution in [3.63, 3.8) is 0 Å². The van der Waals surface area contributed by atoms with E-state index < -0.39 is 18.0 Å². The lowest BCUT2D eigenvalue weighted by molar-refractivity contribution is -0.139. The van der Waals surface area contributed by atoms with Crippen LogP contribution < -0.4 is 20.1 Å². The summed E-state index contributed by atoms with van der Waals surface area (Å²) >= 11 is 5.58. The van der Waals surface area contributed by atoms with Gasteiger partial charge in [-0.2, -0.15) is 0 Å². The van der Waals surface area contributed by atoms with Gasteiger partial charge in [-0.25, -0.2) is 9.59 Å². The highest BCUT2D eigenvalue weighted by Gasteiger charge is 2.32. The lowest BCUT2D eigenvalue weighted by Crippen LogP contribution is -2.45. The quantitative estimate of drug-likeness (QED) is 0.570. The average Bonchev–Trinajstić information content (AvgIpc) is 2.59. The number of hydrogen-bond donors (Lipinski definition) is 2. The van der Waals surface area contributed by atoms with Crippen LogP contribution >= 0.6 is 11.6 Å².